The third-order valence-electron chi connectivity index (χ3n) is 5.78. The second-order valence-electron chi connectivity index (χ2n) is 9.54. The highest BCUT2D eigenvalue weighted by Crippen LogP contribution is 2.31. The van der Waals surface area contributed by atoms with E-state index in [-0.39, 0.29) is 13.0 Å². The van der Waals surface area contributed by atoms with Crippen LogP contribution in [0.25, 0.3) is 28.1 Å². The standard InChI is InChI=1S/C26H26N4O5/c1-26(2,3)35-25(33)29-15-17(13-21(29)23(31)32)34-22-14-19(16-9-5-4-6-10-16)28-24-27-18-11-7-8-12-20(18)30(22)24/h4-12,14,17,21H,13,15H2,1-3H3,(H,31,32)/t17-,21?/m1/s1. The van der Waals surface area contributed by atoms with Gasteiger partial charge in [-0.05, 0) is 32.9 Å². The number of nitrogens with zero attached hydrogens (tertiary/aromatic N) is 4. The van der Waals surface area contributed by atoms with E-state index in [1.54, 1.807) is 20.8 Å². The zero-order chi connectivity index (χ0) is 24.7. The maximum Gasteiger partial charge on any atom is 0.411 e. The Hall–Kier alpha value is -4.14. The average Bonchev–Trinajstić information content (AvgIpc) is 3.40. The van der Waals surface area contributed by atoms with Crippen LogP contribution in [0.4, 0.5) is 4.79 Å². The molecule has 2 aromatic carbocycles. The van der Waals surface area contributed by atoms with Crippen molar-refractivity contribution in [2.45, 2.75) is 44.9 Å². The van der Waals surface area contributed by atoms with E-state index in [1.165, 1.54) is 4.90 Å². The fourth-order valence-corrected chi connectivity index (χ4v) is 4.28. The van der Waals surface area contributed by atoms with Gasteiger partial charge in [-0.3, -0.25) is 4.90 Å². The zero-order valence-corrected chi connectivity index (χ0v) is 19.7. The molecule has 0 saturated carbocycles. The SMILES string of the molecule is CC(C)(C)OC(=O)N1C[C@H](Oc2cc(-c3ccccc3)nc3nc4ccccc4n23)CC1C(=O)O. The van der Waals surface area contributed by atoms with Crippen molar-refractivity contribution in [2.24, 2.45) is 0 Å². The van der Waals surface area contributed by atoms with E-state index in [0.29, 0.717) is 17.4 Å². The van der Waals surface area contributed by atoms with Gasteiger partial charge in [0.15, 0.2) is 0 Å². The molecule has 1 unspecified atom stereocenters. The summed E-state index contributed by atoms with van der Waals surface area (Å²) in [4.78, 5) is 35.3. The normalized spacial score (nSPS) is 18.2. The number of hydrogen-bond acceptors (Lipinski definition) is 6. The van der Waals surface area contributed by atoms with Crippen molar-refractivity contribution < 1.29 is 24.2 Å². The number of carbonyl (C=O) groups is 2. The van der Waals surface area contributed by atoms with Crippen molar-refractivity contribution in [2.75, 3.05) is 6.54 Å². The molecule has 0 radical (unpaired) electrons. The van der Waals surface area contributed by atoms with Gasteiger partial charge in [0.1, 0.15) is 17.7 Å². The monoisotopic (exact) mass is 474 g/mol. The second-order valence-corrected chi connectivity index (χ2v) is 9.54. The summed E-state index contributed by atoms with van der Waals surface area (Å²) in [5, 5.41) is 9.76. The molecular formula is C26H26N4O5. The van der Waals surface area contributed by atoms with Crippen LogP contribution in [0.5, 0.6) is 5.88 Å². The third kappa shape index (κ3) is 4.49. The highest BCUT2D eigenvalue weighted by molar-refractivity contribution is 5.82. The predicted octanol–water partition coefficient (Wildman–Crippen LogP) is 4.39. The molecule has 9 heteroatoms. The van der Waals surface area contributed by atoms with Crippen LogP contribution < -0.4 is 4.74 Å². The Kier molecular flexibility index (Phi) is 5.55. The minimum atomic E-state index is -1.10. The molecule has 0 aliphatic carbocycles. The molecule has 1 aliphatic heterocycles. The Balaban J connectivity index is 1.54. The number of benzene rings is 2. The van der Waals surface area contributed by atoms with Gasteiger partial charge in [0.25, 0.3) is 0 Å². The Labute approximate surface area is 201 Å². The number of hydrogen-bond donors (Lipinski definition) is 1. The van der Waals surface area contributed by atoms with Crippen molar-refractivity contribution in [1.82, 2.24) is 19.3 Å². The number of para-hydroxylation sites is 2. The van der Waals surface area contributed by atoms with Crippen molar-refractivity contribution in [3.8, 4) is 17.1 Å². The first-order valence-corrected chi connectivity index (χ1v) is 11.4. The molecule has 1 saturated heterocycles. The van der Waals surface area contributed by atoms with Crippen LogP contribution in [0.3, 0.4) is 0 Å². The van der Waals surface area contributed by atoms with Gasteiger partial charge in [0.2, 0.25) is 11.7 Å². The molecule has 4 aromatic rings. The second kappa shape index (κ2) is 8.57. The van der Waals surface area contributed by atoms with E-state index in [0.717, 1.165) is 16.6 Å². The highest BCUT2D eigenvalue weighted by atomic mass is 16.6. The number of fused-ring (bicyclic) bond motifs is 3. The fourth-order valence-electron chi connectivity index (χ4n) is 4.28. The molecule has 1 fully saturated rings. The first-order valence-electron chi connectivity index (χ1n) is 11.4. The first-order chi connectivity index (χ1) is 16.7. The molecule has 1 amide bonds. The van der Waals surface area contributed by atoms with Crippen LogP contribution in [0, 0.1) is 0 Å². The Morgan fingerprint density at radius 3 is 2.46 bits per heavy atom. The van der Waals surface area contributed by atoms with Gasteiger partial charge in [-0.2, -0.15) is 0 Å². The lowest BCUT2D eigenvalue weighted by molar-refractivity contribution is -0.142. The van der Waals surface area contributed by atoms with Gasteiger partial charge >= 0.3 is 12.1 Å². The van der Waals surface area contributed by atoms with Gasteiger partial charge in [0, 0.05) is 18.1 Å². The molecule has 3 heterocycles. The van der Waals surface area contributed by atoms with E-state index >= 15 is 0 Å². The summed E-state index contributed by atoms with van der Waals surface area (Å²) in [6.07, 6.45) is -1.10. The van der Waals surface area contributed by atoms with Crippen LogP contribution in [0.1, 0.15) is 27.2 Å². The summed E-state index contributed by atoms with van der Waals surface area (Å²) in [6, 6.07) is 18.1. The van der Waals surface area contributed by atoms with Gasteiger partial charge < -0.3 is 14.6 Å². The average molecular weight is 475 g/mol. The third-order valence-corrected chi connectivity index (χ3v) is 5.78. The van der Waals surface area contributed by atoms with Crippen LogP contribution in [-0.4, -0.2) is 60.7 Å². The highest BCUT2D eigenvalue weighted by Gasteiger charge is 2.43. The van der Waals surface area contributed by atoms with Crippen LogP contribution in [0.15, 0.2) is 60.7 Å². The Morgan fingerprint density at radius 2 is 1.74 bits per heavy atom. The predicted molar refractivity (Wildman–Crippen MR) is 129 cm³/mol. The van der Waals surface area contributed by atoms with Crippen molar-refractivity contribution in [3.63, 3.8) is 0 Å². The van der Waals surface area contributed by atoms with E-state index < -0.39 is 29.8 Å². The molecule has 9 nitrogen and oxygen atoms in total. The molecule has 0 spiro atoms. The minimum absolute atomic E-state index is 0.0863. The summed E-state index contributed by atoms with van der Waals surface area (Å²) in [5.74, 6) is -0.151. The number of carboxylic acids is 1. The topological polar surface area (TPSA) is 106 Å². The Bertz CT molecular complexity index is 1410. The fraction of sp³-hybridized carbons (Fsp3) is 0.308. The molecule has 2 aromatic heterocycles. The van der Waals surface area contributed by atoms with Gasteiger partial charge in [-0.25, -0.2) is 24.0 Å². The number of ether oxygens (including phenoxy) is 2. The van der Waals surface area contributed by atoms with E-state index in [1.807, 2.05) is 65.1 Å². The zero-order valence-electron chi connectivity index (χ0n) is 19.7. The quantitative estimate of drug-likeness (QED) is 0.467. The summed E-state index contributed by atoms with van der Waals surface area (Å²) >= 11 is 0. The van der Waals surface area contributed by atoms with Crippen LogP contribution in [0.2, 0.25) is 0 Å². The maximum absolute atomic E-state index is 12.7. The number of imidazole rings is 1. The van der Waals surface area contributed by atoms with E-state index in [9.17, 15) is 14.7 Å². The number of amides is 1. The van der Waals surface area contributed by atoms with Crippen LogP contribution in [-0.2, 0) is 9.53 Å². The largest absolute Gasteiger partial charge is 0.480 e. The number of aromatic nitrogens is 3. The van der Waals surface area contributed by atoms with Crippen LogP contribution >= 0.6 is 0 Å². The van der Waals surface area contributed by atoms with Gasteiger partial charge in [0.05, 0.1) is 23.3 Å². The molecule has 2 atom stereocenters. The van der Waals surface area contributed by atoms with Crippen molar-refractivity contribution in [3.05, 3.63) is 60.7 Å². The minimum Gasteiger partial charge on any atom is -0.480 e. The molecule has 0 bridgehead atoms. The van der Waals surface area contributed by atoms with Gasteiger partial charge in [-0.1, -0.05) is 42.5 Å². The lowest BCUT2D eigenvalue weighted by Crippen LogP contribution is -2.43. The Morgan fingerprint density at radius 1 is 1.03 bits per heavy atom. The van der Waals surface area contributed by atoms with Crippen molar-refractivity contribution >= 4 is 28.9 Å². The molecule has 1 aliphatic rings. The lowest BCUT2D eigenvalue weighted by atomic mass is 10.1. The molecule has 180 valence electrons. The molecule has 5 rings (SSSR count). The number of carboxylic acid groups (broad SMARTS) is 1. The molecule has 1 N–H and O–H groups in total. The first kappa shape index (κ1) is 22.6. The number of likely N-dealkylation sites (tertiary alicyclic amines) is 1. The number of carbonyl (C=O) groups excluding carboxylic acids is 1. The maximum atomic E-state index is 12.7. The number of aliphatic carboxylic acids is 1. The van der Waals surface area contributed by atoms with Crippen molar-refractivity contribution in [1.29, 1.82) is 0 Å². The number of rotatable bonds is 4. The summed E-state index contributed by atoms with van der Waals surface area (Å²) in [5.41, 5.74) is 2.43. The van der Waals surface area contributed by atoms with Gasteiger partial charge in [-0.15, -0.1) is 0 Å². The van der Waals surface area contributed by atoms with E-state index in [4.69, 9.17) is 14.5 Å². The van der Waals surface area contributed by atoms with E-state index in [2.05, 4.69) is 4.98 Å². The summed E-state index contributed by atoms with van der Waals surface area (Å²) in [7, 11) is 0. The summed E-state index contributed by atoms with van der Waals surface area (Å²) in [6.45, 7) is 5.32. The molecule has 35 heavy (non-hydrogen) atoms. The summed E-state index contributed by atoms with van der Waals surface area (Å²) < 4.78 is 13.6. The molecular weight excluding hydrogens is 448 g/mol. The lowest BCUT2D eigenvalue weighted by Gasteiger charge is -2.26. The smallest absolute Gasteiger partial charge is 0.411 e.